The Morgan fingerprint density at radius 2 is 2.54 bits per heavy atom. The zero-order chi connectivity index (χ0) is 9.68. The van der Waals surface area contributed by atoms with E-state index in [-0.39, 0.29) is 12.5 Å². The van der Waals surface area contributed by atoms with Gasteiger partial charge in [-0.25, -0.2) is 0 Å². The van der Waals surface area contributed by atoms with Crippen molar-refractivity contribution in [1.29, 1.82) is 0 Å². The molecule has 0 aliphatic rings. The van der Waals surface area contributed by atoms with Crippen molar-refractivity contribution < 1.29 is 9.90 Å². The Balaban J connectivity index is 2.65. The molecule has 0 aromatic carbocycles. The van der Waals surface area contributed by atoms with Gasteiger partial charge in [0, 0.05) is 13.1 Å². The molecule has 0 radical (unpaired) electrons. The summed E-state index contributed by atoms with van der Waals surface area (Å²) >= 11 is 1.07. The fraction of sp³-hybridized carbons (Fsp3) is 0.571. The lowest BCUT2D eigenvalue weighted by Gasteiger charge is -2.17. The van der Waals surface area contributed by atoms with Gasteiger partial charge in [-0.15, -0.1) is 5.10 Å². The highest BCUT2D eigenvalue weighted by atomic mass is 32.1. The van der Waals surface area contributed by atoms with Gasteiger partial charge >= 0.3 is 0 Å². The summed E-state index contributed by atoms with van der Waals surface area (Å²) in [5, 5.41) is 12.3. The second-order valence-electron chi connectivity index (χ2n) is 2.39. The predicted octanol–water partition coefficient (Wildman–Crippen LogP) is -0.00750. The van der Waals surface area contributed by atoms with E-state index in [0.717, 1.165) is 11.5 Å². The Bertz CT molecular complexity index is 263. The fourth-order valence-electron chi connectivity index (χ4n) is 0.941. The van der Waals surface area contributed by atoms with Crippen LogP contribution in [0.2, 0.25) is 0 Å². The van der Waals surface area contributed by atoms with Crippen LogP contribution in [0.15, 0.2) is 6.20 Å². The summed E-state index contributed by atoms with van der Waals surface area (Å²) in [6, 6.07) is 0. The van der Waals surface area contributed by atoms with E-state index in [4.69, 9.17) is 5.11 Å². The SMILES string of the molecule is CCN(CCO)C(=O)c1cnns1. The summed E-state index contributed by atoms with van der Waals surface area (Å²) in [5.74, 6) is -0.119. The van der Waals surface area contributed by atoms with Gasteiger partial charge in [-0.3, -0.25) is 4.79 Å². The largest absolute Gasteiger partial charge is 0.395 e. The summed E-state index contributed by atoms with van der Waals surface area (Å²) in [4.78, 5) is 13.6. The van der Waals surface area contributed by atoms with Crippen molar-refractivity contribution in [3.63, 3.8) is 0 Å². The Labute approximate surface area is 80.2 Å². The summed E-state index contributed by atoms with van der Waals surface area (Å²) in [7, 11) is 0. The molecule has 0 unspecified atom stereocenters. The number of hydrogen-bond acceptors (Lipinski definition) is 5. The van der Waals surface area contributed by atoms with Crippen LogP contribution in [0.4, 0.5) is 0 Å². The third kappa shape index (κ3) is 2.46. The summed E-state index contributed by atoms with van der Waals surface area (Å²) in [5.41, 5.74) is 0. The summed E-state index contributed by atoms with van der Waals surface area (Å²) in [6.45, 7) is 2.78. The van der Waals surface area contributed by atoms with E-state index in [1.807, 2.05) is 6.92 Å². The topological polar surface area (TPSA) is 66.3 Å². The van der Waals surface area contributed by atoms with Gasteiger partial charge in [0.05, 0.1) is 12.8 Å². The van der Waals surface area contributed by atoms with Crippen molar-refractivity contribution in [2.75, 3.05) is 19.7 Å². The first kappa shape index (κ1) is 10.1. The lowest BCUT2D eigenvalue weighted by Crippen LogP contribution is -2.32. The maximum absolute atomic E-state index is 11.6. The van der Waals surface area contributed by atoms with Gasteiger partial charge < -0.3 is 10.0 Å². The smallest absolute Gasteiger partial charge is 0.267 e. The van der Waals surface area contributed by atoms with E-state index >= 15 is 0 Å². The summed E-state index contributed by atoms with van der Waals surface area (Å²) < 4.78 is 3.60. The van der Waals surface area contributed by atoms with Crippen molar-refractivity contribution in [3.8, 4) is 0 Å². The maximum Gasteiger partial charge on any atom is 0.267 e. The van der Waals surface area contributed by atoms with Crippen molar-refractivity contribution in [2.24, 2.45) is 0 Å². The van der Waals surface area contributed by atoms with Crippen LogP contribution in [0, 0.1) is 0 Å². The zero-order valence-corrected chi connectivity index (χ0v) is 8.12. The second-order valence-corrected chi connectivity index (χ2v) is 3.18. The van der Waals surface area contributed by atoms with Crippen LogP contribution in [-0.2, 0) is 0 Å². The van der Waals surface area contributed by atoms with Crippen molar-refractivity contribution in [3.05, 3.63) is 11.1 Å². The third-order valence-corrected chi connectivity index (χ3v) is 2.26. The molecule has 1 aromatic rings. The molecule has 1 rings (SSSR count). The first-order valence-electron chi connectivity index (χ1n) is 3.97. The molecule has 1 heterocycles. The van der Waals surface area contributed by atoms with Crippen LogP contribution in [0.5, 0.6) is 0 Å². The molecule has 1 aromatic heterocycles. The van der Waals surface area contributed by atoms with Crippen LogP contribution in [-0.4, -0.2) is 45.2 Å². The average Bonchev–Trinajstić information content (AvgIpc) is 2.65. The molecule has 5 nitrogen and oxygen atoms in total. The standard InChI is InChI=1S/C7H11N3O2S/c1-2-10(3-4-11)7(12)6-5-8-9-13-6/h5,11H,2-4H2,1H3. The Hall–Kier alpha value is -1.01. The van der Waals surface area contributed by atoms with Crippen molar-refractivity contribution in [2.45, 2.75) is 6.92 Å². The average molecular weight is 201 g/mol. The molecule has 0 saturated carbocycles. The molecule has 0 atom stereocenters. The molecule has 0 aliphatic carbocycles. The van der Waals surface area contributed by atoms with E-state index in [0.29, 0.717) is 18.0 Å². The second kappa shape index (κ2) is 4.88. The highest BCUT2D eigenvalue weighted by Gasteiger charge is 2.15. The van der Waals surface area contributed by atoms with Gasteiger partial charge in [-0.05, 0) is 18.5 Å². The minimum absolute atomic E-state index is 0.0220. The highest BCUT2D eigenvalue weighted by Crippen LogP contribution is 2.06. The number of carbonyl (C=O) groups is 1. The molecule has 0 aliphatic heterocycles. The Morgan fingerprint density at radius 1 is 1.77 bits per heavy atom. The zero-order valence-electron chi connectivity index (χ0n) is 7.30. The molecule has 0 spiro atoms. The molecule has 13 heavy (non-hydrogen) atoms. The molecular formula is C7H11N3O2S. The van der Waals surface area contributed by atoms with Gasteiger partial charge in [0.1, 0.15) is 4.88 Å². The monoisotopic (exact) mass is 201 g/mol. The van der Waals surface area contributed by atoms with Crippen LogP contribution in [0.1, 0.15) is 16.6 Å². The highest BCUT2D eigenvalue weighted by molar-refractivity contribution is 7.07. The molecule has 0 fully saturated rings. The number of aromatic nitrogens is 2. The molecule has 6 heteroatoms. The normalized spacial score (nSPS) is 10.0. The van der Waals surface area contributed by atoms with Crippen LogP contribution < -0.4 is 0 Å². The van der Waals surface area contributed by atoms with Crippen molar-refractivity contribution >= 4 is 17.4 Å². The Kier molecular flexibility index (Phi) is 3.78. The molecule has 72 valence electrons. The molecule has 1 N–H and O–H groups in total. The van der Waals surface area contributed by atoms with Gasteiger partial charge in [0.15, 0.2) is 0 Å². The van der Waals surface area contributed by atoms with E-state index < -0.39 is 0 Å². The number of amides is 1. The van der Waals surface area contributed by atoms with E-state index in [1.165, 1.54) is 6.20 Å². The number of rotatable bonds is 4. The summed E-state index contributed by atoms with van der Waals surface area (Å²) in [6.07, 6.45) is 1.44. The lowest BCUT2D eigenvalue weighted by molar-refractivity contribution is 0.0736. The predicted molar refractivity (Wildman–Crippen MR) is 48.6 cm³/mol. The number of carbonyl (C=O) groups excluding carboxylic acids is 1. The van der Waals surface area contributed by atoms with Gasteiger partial charge in [-0.2, -0.15) is 0 Å². The lowest BCUT2D eigenvalue weighted by atomic mass is 10.4. The van der Waals surface area contributed by atoms with Crippen LogP contribution in [0.3, 0.4) is 0 Å². The molecular weight excluding hydrogens is 190 g/mol. The number of hydrogen-bond donors (Lipinski definition) is 1. The quantitative estimate of drug-likeness (QED) is 0.744. The van der Waals surface area contributed by atoms with Gasteiger partial charge in [-0.1, -0.05) is 4.49 Å². The van der Waals surface area contributed by atoms with Crippen molar-refractivity contribution in [1.82, 2.24) is 14.5 Å². The minimum atomic E-state index is -0.119. The number of aliphatic hydroxyl groups excluding tert-OH is 1. The maximum atomic E-state index is 11.6. The first-order chi connectivity index (χ1) is 6.29. The number of nitrogens with zero attached hydrogens (tertiary/aromatic N) is 3. The number of likely N-dealkylation sites (N-methyl/N-ethyl adjacent to an activating group) is 1. The molecule has 0 saturated heterocycles. The van der Waals surface area contributed by atoms with Gasteiger partial charge in [0.25, 0.3) is 5.91 Å². The van der Waals surface area contributed by atoms with Crippen LogP contribution >= 0.6 is 11.5 Å². The molecule has 1 amide bonds. The van der Waals surface area contributed by atoms with Gasteiger partial charge in [0.2, 0.25) is 0 Å². The Morgan fingerprint density at radius 3 is 3.00 bits per heavy atom. The number of aliphatic hydroxyl groups is 1. The van der Waals surface area contributed by atoms with Crippen LogP contribution in [0.25, 0.3) is 0 Å². The third-order valence-electron chi connectivity index (χ3n) is 1.61. The minimum Gasteiger partial charge on any atom is -0.395 e. The van der Waals surface area contributed by atoms with E-state index in [9.17, 15) is 4.79 Å². The van der Waals surface area contributed by atoms with E-state index in [2.05, 4.69) is 9.59 Å². The van der Waals surface area contributed by atoms with E-state index in [1.54, 1.807) is 4.90 Å². The molecule has 0 bridgehead atoms. The first-order valence-corrected chi connectivity index (χ1v) is 4.74. The fourth-order valence-corrected chi connectivity index (χ4v) is 1.42.